The highest BCUT2D eigenvalue weighted by Gasteiger charge is 2.54. The van der Waals surface area contributed by atoms with E-state index in [-0.39, 0.29) is 31.8 Å². The van der Waals surface area contributed by atoms with E-state index in [9.17, 15) is 24.0 Å². The van der Waals surface area contributed by atoms with Crippen molar-refractivity contribution in [1.82, 2.24) is 10.8 Å². The van der Waals surface area contributed by atoms with E-state index in [0.717, 1.165) is 12.5 Å². The Bertz CT molecular complexity index is 1070. The fourth-order valence-electron chi connectivity index (χ4n) is 3.51. The van der Waals surface area contributed by atoms with E-state index in [4.69, 9.17) is 58.6 Å². The highest BCUT2D eigenvalue weighted by molar-refractivity contribution is 6.76. The summed E-state index contributed by atoms with van der Waals surface area (Å²) in [6.45, 7) is 5.71. The van der Waals surface area contributed by atoms with Gasteiger partial charge in [-0.15, -0.1) is 6.58 Å². The van der Waals surface area contributed by atoms with Crippen molar-refractivity contribution >= 4 is 64.3 Å². The van der Waals surface area contributed by atoms with Crippen LogP contribution in [0, 0.1) is 0 Å². The summed E-state index contributed by atoms with van der Waals surface area (Å²) in [7, 11) is 0. The number of nitrogens with one attached hydrogen (secondary N) is 2. The first-order valence-electron chi connectivity index (χ1n) is 11.9. The Balaban J connectivity index is 2.42. The van der Waals surface area contributed by atoms with E-state index >= 15 is 0 Å². The molecular formula is C25H29Cl3N2O10. The third-order valence-electron chi connectivity index (χ3n) is 5.25. The average molecular weight is 624 g/mol. The molecule has 0 aliphatic carbocycles. The molecule has 15 heteroatoms. The summed E-state index contributed by atoms with van der Waals surface area (Å²) in [6.07, 6.45) is -5.56. The zero-order chi connectivity index (χ0) is 29.9. The first-order chi connectivity index (χ1) is 18.8. The van der Waals surface area contributed by atoms with E-state index in [1.54, 1.807) is 30.3 Å². The number of alkyl halides is 3. The number of rotatable bonds is 13. The minimum absolute atomic E-state index is 0.0198. The minimum Gasteiger partial charge on any atom is -0.456 e. The average Bonchev–Trinajstić information content (AvgIpc) is 2.88. The summed E-state index contributed by atoms with van der Waals surface area (Å²) in [5.74, 6) is -4.16. The Labute approximate surface area is 245 Å². The van der Waals surface area contributed by atoms with Gasteiger partial charge in [-0.3, -0.25) is 24.0 Å². The molecule has 0 spiro atoms. The van der Waals surface area contributed by atoms with Crippen molar-refractivity contribution in [2.24, 2.45) is 0 Å². The van der Waals surface area contributed by atoms with Gasteiger partial charge in [-0.05, 0) is 12.5 Å². The molecule has 1 heterocycles. The molecule has 1 aromatic carbocycles. The number of ether oxygens (including phenoxy) is 4. The van der Waals surface area contributed by atoms with Gasteiger partial charge in [0.15, 0.2) is 24.6 Å². The lowest BCUT2D eigenvalue weighted by Gasteiger charge is -2.44. The normalized spacial score (nSPS) is 22.5. The van der Waals surface area contributed by atoms with Crippen molar-refractivity contribution < 1.29 is 47.8 Å². The molecule has 1 fully saturated rings. The third-order valence-corrected chi connectivity index (χ3v) is 5.76. The van der Waals surface area contributed by atoms with Gasteiger partial charge in [0.05, 0.1) is 19.6 Å². The van der Waals surface area contributed by atoms with Crippen molar-refractivity contribution in [3.8, 4) is 0 Å². The predicted molar refractivity (Wildman–Crippen MR) is 142 cm³/mol. The second kappa shape index (κ2) is 15.9. The number of ketones is 1. The molecule has 0 bridgehead atoms. The van der Waals surface area contributed by atoms with Crippen molar-refractivity contribution in [2.75, 3.05) is 6.61 Å². The second-order valence-corrected chi connectivity index (χ2v) is 10.8. The molecule has 220 valence electrons. The van der Waals surface area contributed by atoms with Crippen molar-refractivity contribution in [1.29, 1.82) is 0 Å². The maximum atomic E-state index is 13.2. The van der Waals surface area contributed by atoms with Gasteiger partial charge < -0.3 is 29.1 Å². The van der Waals surface area contributed by atoms with Crippen LogP contribution in [0.5, 0.6) is 0 Å². The van der Waals surface area contributed by atoms with E-state index in [1.807, 2.05) is 0 Å². The van der Waals surface area contributed by atoms with Crippen LogP contribution in [0.1, 0.15) is 32.3 Å². The van der Waals surface area contributed by atoms with Crippen molar-refractivity contribution in [3.63, 3.8) is 0 Å². The van der Waals surface area contributed by atoms with Crippen LogP contribution in [-0.2, 0) is 54.4 Å². The topological polar surface area (TPSA) is 156 Å². The molecule has 2 amide bonds. The van der Waals surface area contributed by atoms with Crippen LogP contribution in [0.3, 0.4) is 0 Å². The number of carbonyl (C=O) groups excluding carboxylic acids is 5. The number of hydrogen-bond donors (Lipinski definition) is 2. The number of benzene rings is 1. The number of carbonyl (C=O) groups is 5. The summed E-state index contributed by atoms with van der Waals surface area (Å²) in [5.41, 5.74) is 2.94. The van der Waals surface area contributed by atoms with E-state index < -0.39 is 58.2 Å². The molecule has 1 aliphatic heterocycles. The number of hydrogen-bond acceptors (Lipinski definition) is 10. The molecule has 5 atom stereocenters. The summed E-state index contributed by atoms with van der Waals surface area (Å²) in [6, 6.07) is 7.44. The molecule has 2 unspecified atom stereocenters. The zero-order valence-corrected chi connectivity index (χ0v) is 23.9. The van der Waals surface area contributed by atoms with Crippen molar-refractivity contribution in [3.05, 3.63) is 48.6 Å². The van der Waals surface area contributed by atoms with Crippen molar-refractivity contribution in [2.45, 2.75) is 67.7 Å². The molecule has 1 saturated heterocycles. The molecule has 1 aromatic rings. The van der Waals surface area contributed by atoms with Crippen LogP contribution in [0.15, 0.2) is 43.0 Å². The standard InChI is InChI=1S/C25H29Cl3N2O10/c1-4-12-36-23-18(29-24(35)25(26,27)28)19(38-15(3)32)20(39-17(33)11-10-14(2)31)21(40-23)22(34)30-37-13-16-8-6-5-7-9-16/h4-9,18-21,23H,1,10-13H2,2-3H3,(H,29,35)(H,30,34)/t18?,19-,20+,21?,23-/m1/s1. The fraction of sp³-hybridized carbons (Fsp3) is 0.480. The number of hydroxylamine groups is 1. The zero-order valence-electron chi connectivity index (χ0n) is 21.6. The Kier molecular flexibility index (Phi) is 13.3. The molecule has 2 rings (SSSR count). The highest BCUT2D eigenvalue weighted by Crippen LogP contribution is 2.31. The Morgan fingerprint density at radius 3 is 2.27 bits per heavy atom. The molecule has 40 heavy (non-hydrogen) atoms. The maximum Gasteiger partial charge on any atom is 0.306 e. The Morgan fingerprint density at radius 2 is 1.70 bits per heavy atom. The van der Waals surface area contributed by atoms with Crippen LogP contribution >= 0.6 is 34.8 Å². The predicted octanol–water partition coefficient (Wildman–Crippen LogP) is 2.23. The van der Waals surface area contributed by atoms with E-state index in [0.29, 0.717) is 0 Å². The van der Waals surface area contributed by atoms with Gasteiger partial charge in [0.25, 0.3) is 15.6 Å². The lowest BCUT2D eigenvalue weighted by molar-refractivity contribution is -0.267. The van der Waals surface area contributed by atoms with Gasteiger partial charge >= 0.3 is 11.9 Å². The second-order valence-electron chi connectivity index (χ2n) is 8.52. The monoisotopic (exact) mass is 622 g/mol. The Morgan fingerprint density at radius 1 is 1.02 bits per heavy atom. The third kappa shape index (κ3) is 10.7. The first-order valence-corrected chi connectivity index (χ1v) is 13.0. The first kappa shape index (κ1) is 33.5. The molecule has 0 aromatic heterocycles. The highest BCUT2D eigenvalue weighted by atomic mass is 35.6. The smallest absolute Gasteiger partial charge is 0.306 e. The van der Waals surface area contributed by atoms with Crippen LogP contribution in [0.2, 0.25) is 0 Å². The number of amides is 2. The lowest BCUT2D eigenvalue weighted by Crippen LogP contribution is -2.69. The van der Waals surface area contributed by atoms with Crippen LogP contribution < -0.4 is 10.8 Å². The van der Waals surface area contributed by atoms with Gasteiger partial charge in [0, 0.05) is 13.3 Å². The summed E-state index contributed by atoms with van der Waals surface area (Å²) in [4.78, 5) is 67.1. The Hall–Kier alpha value is -2.74. The number of esters is 2. The fourth-order valence-corrected chi connectivity index (χ4v) is 3.67. The quantitative estimate of drug-likeness (QED) is 0.145. The minimum atomic E-state index is -2.45. The lowest BCUT2D eigenvalue weighted by atomic mass is 9.95. The van der Waals surface area contributed by atoms with Crippen LogP contribution in [-0.4, -0.2) is 70.6 Å². The van der Waals surface area contributed by atoms with E-state index in [2.05, 4.69) is 17.4 Å². The molecular weight excluding hydrogens is 595 g/mol. The van der Waals surface area contributed by atoms with Crippen LogP contribution in [0.25, 0.3) is 0 Å². The molecule has 12 nitrogen and oxygen atoms in total. The largest absolute Gasteiger partial charge is 0.456 e. The van der Waals surface area contributed by atoms with Gasteiger partial charge in [-0.2, -0.15) is 0 Å². The molecule has 0 radical (unpaired) electrons. The number of Topliss-reactive ketones (excluding diaryl/α,β-unsaturated/α-hetero) is 1. The van der Waals surface area contributed by atoms with Gasteiger partial charge in [-0.1, -0.05) is 71.2 Å². The van der Waals surface area contributed by atoms with Gasteiger partial charge in [0.1, 0.15) is 11.8 Å². The van der Waals surface area contributed by atoms with Gasteiger partial charge in [0.2, 0.25) is 0 Å². The van der Waals surface area contributed by atoms with Crippen LogP contribution in [0.4, 0.5) is 0 Å². The van der Waals surface area contributed by atoms with Gasteiger partial charge in [-0.25, -0.2) is 5.48 Å². The summed E-state index contributed by atoms with van der Waals surface area (Å²) in [5, 5.41) is 2.35. The van der Waals surface area contributed by atoms with E-state index in [1.165, 1.54) is 13.0 Å². The molecule has 2 N–H and O–H groups in total. The number of halogens is 3. The summed E-state index contributed by atoms with van der Waals surface area (Å²) >= 11 is 17.1. The molecule has 0 saturated carbocycles. The molecule has 1 aliphatic rings. The SMILES string of the molecule is C=CCO[C@@H]1OC(C(=O)NOCc2ccccc2)[C@@H](OC(=O)CCC(C)=O)[C@H](OC(C)=O)C1NC(=O)C(Cl)(Cl)Cl. The maximum absolute atomic E-state index is 13.2. The summed E-state index contributed by atoms with van der Waals surface area (Å²) < 4.78 is 19.8.